The Hall–Kier alpha value is -0.910. The molecule has 0 radical (unpaired) electrons. The van der Waals surface area contributed by atoms with E-state index in [-0.39, 0.29) is 5.72 Å². The number of aliphatic hydroxyl groups is 1. The molecule has 1 saturated heterocycles. The van der Waals surface area contributed by atoms with Crippen LogP contribution in [0.5, 0.6) is 0 Å². The van der Waals surface area contributed by atoms with E-state index in [2.05, 4.69) is 29.6 Å². The highest BCUT2D eigenvalue weighted by molar-refractivity contribution is 5.14. The molecule has 1 aromatic rings. The van der Waals surface area contributed by atoms with E-state index in [9.17, 15) is 5.11 Å². The van der Waals surface area contributed by atoms with Crippen molar-refractivity contribution in [1.29, 1.82) is 0 Å². The Kier molecular flexibility index (Phi) is 4.54. The molecule has 4 aliphatic carbocycles. The predicted molar refractivity (Wildman–Crippen MR) is 118 cm³/mol. The highest BCUT2D eigenvalue weighted by Crippen LogP contribution is 2.70. The minimum atomic E-state index is -0.603. The van der Waals surface area contributed by atoms with Crippen LogP contribution < -0.4 is 0 Å². The number of aromatic nitrogens is 2. The van der Waals surface area contributed by atoms with Gasteiger partial charge in [0.1, 0.15) is 0 Å². The zero-order valence-electron chi connectivity index (χ0n) is 19.6. The number of hydrogen-bond acceptors (Lipinski definition) is 4. The number of methoxy groups -OCH3 is 1. The average molecular weight is 429 g/mol. The first-order valence-corrected chi connectivity index (χ1v) is 12.7. The van der Waals surface area contributed by atoms with Crippen LogP contribution in [0.25, 0.3) is 0 Å². The lowest BCUT2D eigenvalue weighted by molar-refractivity contribution is -0.165. The summed E-state index contributed by atoms with van der Waals surface area (Å²) >= 11 is 0. The highest BCUT2D eigenvalue weighted by Gasteiger charge is 2.67. The molecule has 1 N–H and O–H groups in total. The molecule has 31 heavy (non-hydrogen) atoms. The van der Waals surface area contributed by atoms with Crippen LogP contribution in [0.1, 0.15) is 71.6 Å². The lowest BCUT2D eigenvalue weighted by Crippen LogP contribution is -2.57. The van der Waals surface area contributed by atoms with Gasteiger partial charge >= 0.3 is 0 Å². The van der Waals surface area contributed by atoms with Crippen molar-refractivity contribution >= 4 is 0 Å². The summed E-state index contributed by atoms with van der Waals surface area (Å²) in [5, 5.41) is 11.1. The molecule has 0 spiro atoms. The Labute approximate surface area is 186 Å². The predicted octanol–water partition coefficient (Wildman–Crippen LogP) is 4.60. The second kappa shape index (κ2) is 6.80. The van der Waals surface area contributed by atoms with E-state index in [1.807, 2.05) is 12.5 Å². The summed E-state index contributed by atoms with van der Waals surface area (Å²) in [6, 6.07) is 0. The molecule has 9 atom stereocenters. The minimum absolute atomic E-state index is 0.130. The average Bonchev–Trinajstić information content (AvgIpc) is 3.18. The Bertz CT molecular complexity index is 823. The number of nitrogens with zero attached hydrogens (tertiary/aromatic N) is 2. The smallest absolute Gasteiger partial charge is 0.172 e. The zero-order chi connectivity index (χ0) is 21.5. The molecule has 1 unspecified atom stereocenters. The van der Waals surface area contributed by atoms with Crippen LogP contribution in [0.3, 0.4) is 0 Å². The standard InChI is InChI=1S/C26H40N2O3/c1-23-10-11-25(29,15-30-3)14-18(23)4-5-19-20-6-7-22(24(20,2)9-8-21(19)23)26(16-31-26)28-13-12-27-17-28/h12-13,17-22,29H,4-11,14-16H2,1-3H3/t18-,19-,20-,21-,22-,23-,24-,25+,26?/m0/s1. The van der Waals surface area contributed by atoms with Crippen LogP contribution >= 0.6 is 0 Å². The van der Waals surface area contributed by atoms with E-state index in [0.29, 0.717) is 29.3 Å². The van der Waals surface area contributed by atoms with Crippen molar-refractivity contribution in [3.05, 3.63) is 18.7 Å². The van der Waals surface area contributed by atoms with Crippen LogP contribution in [0.4, 0.5) is 0 Å². The SMILES string of the molecule is COC[C@@]1(O)CC[C@@]2(C)[C@@H](CC[C@@H]3[C@@H]2CC[C@]2(C)[C@@H](C4(n5ccnc5)CO4)CC[C@@H]32)C1. The Balaban J connectivity index is 1.25. The van der Waals surface area contributed by atoms with Gasteiger partial charge in [0.2, 0.25) is 0 Å². The fraction of sp³-hybridized carbons (Fsp3) is 0.885. The van der Waals surface area contributed by atoms with Crippen molar-refractivity contribution < 1.29 is 14.6 Å². The van der Waals surface area contributed by atoms with Gasteiger partial charge in [-0.1, -0.05) is 13.8 Å². The molecule has 1 aliphatic heterocycles. The molecule has 2 heterocycles. The third kappa shape index (κ3) is 2.81. The first kappa shape index (κ1) is 20.7. The summed E-state index contributed by atoms with van der Waals surface area (Å²) in [7, 11) is 1.72. The molecule has 6 rings (SSSR count). The normalized spacial score (nSPS) is 53.5. The number of hydrogen-bond donors (Lipinski definition) is 1. The maximum Gasteiger partial charge on any atom is 0.172 e. The molecule has 0 aromatic carbocycles. The Morgan fingerprint density at radius 2 is 1.87 bits per heavy atom. The highest BCUT2D eigenvalue weighted by atomic mass is 16.6. The summed E-state index contributed by atoms with van der Waals surface area (Å²) in [5.74, 6) is 3.73. The topological polar surface area (TPSA) is 59.8 Å². The molecule has 5 aliphatic rings. The fourth-order valence-electron chi connectivity index (χ4n) is 9.55. The van der Waals surface area contributed by atoms with Crippen molar-refractivity contribution in [3.8, 4) is 0 Å². The van der Waals surface area contributed by atoms with Gasteiger partial charge in [-0.2, -0.15) is 0 Å². The lowest BCUT2D eigenvalue weighted by atomic mass is 9.43. The summed E-state index contributed by atoms with van der Waals surface area (Å²) in [4.78, 5) is 4.32. The number of fused-ring (bicyclic) bond motifs is 5. The van der Waals surface area contributed by atoms with E-state index < -0.39 is 5.60 Å². The summed E-state index contributed by atoms with van der Waals surface area (Å²) in [6.07, 6.45) is 16.9. The van der Waals surface area contributed by atoms with Gasteiger partial charge in [-0.15, -0.1) is 0 Å². The first-order chi connectivity index (χ1) is 14.8. The second-order valence-electron chi connectivity index (χ2n) is 12.3. The van der Waals surface area contributed by atoms with Gasteiger partial charge < -0.3 is 19.1 Å². The van der Waals surface area contributed by atoms with E-state index in [4.69, 9.17) is 9.47 Å². The second-order valence-corrected chi connectivity index (χ2v) is 12.3. The third-order valence-electron chi connectivity index (χ3n) is 11.2. The van der Waals surface area contributed by atoms with Crippen molar-refractivity contribution in [2.24, 2.45) is 40.4 Å². The number of rotatable bonds is 4. The summed E-state index contributed by atoms with van der Waals surface area (Å²) in [5.41, 5.74) is 0.0281. The van der Waals surface area contributed by atoms with Crippen LogP contribution in [0, 0.1) is 40.4 Å². The van der Waals surface area contributed by atoms with E-state index in [1.165, 1.54) is 38.5 Å². The van der Waals surface area contributed by atoms with Crippen LogP contribution in [-0.4, -0.2) is 40.6 Å². The monoisotopic (exact) mass is 428 g/mol. The largest absolute Gasteiger partial charge is 0.387 e. The molecular formula is C26H40N2O3. The minimum Gasteiger partial charge on any atom is -0.387 e. The van der Waals surface area contributed by atoms with Gasteiger partial charge in [-0.25, -0.2) is 4.98 Å². The van der Waals surface area contributed by atoms with Gasteiger partial charge in [0.15, 0.2) is 5.72 Å². The maximum absolute atomic E-state index is 11.1. The molecule has 5 fully saturated rings. The van der Waals surface area contributed by atoms with Crippen molar-refractivity contribution in [2.45, 2.75) is 83.0 Å². The molecule has 1 aromatic heterocycles. The number of ether oxygens (including phenoxy) is 2. The van der Waals surface area contributed by atoms with Gasteiger partial charge in [0.25, 0.3) is 0 Å². The molecule has 5 heteroatoms. The summed E-state index contributed by atoms with van der Waals surface area (Å²) in [6.45, 7) is 6.51. The molecule has 4 saturated carbocycles. The zero-order valence-corrected chi connectivity index (χ0v) is 19.6. The lowest BCUT2D eigenvalue weighted by Gasteiger charge is -2.62. The van der Waals surface area contributed by atoms with E-state index in [0.717, 1.165) is 43.6 Å². The van der Waals surface area contributed by atoms with Crippen LogP contribution in [0.2, 0.25) is 0 Å². The Morgan fingerprint density at radius 3 is 2.58 bits per heavy atom. The van der Waals surface area contributed by atoms with Crippen molar-refractivity contribution in [1.82, 2.24) is 9.55 Å². The Morgan fingerprint density at radius 1 is 1.06 bits per heavy atom. The number of imidazole rings is 1. The molecule has 5 nitrogen and oxygen atoms in total. The van der Waals surface area contributed by atoms with Gasteiger partial charge in [0, 0.05) is 25.4 Å². The quantitative estimate of drug-likeness (QED) is 0.712. The molecule has 172 valence electrons. The van der Waals surface area contributed by atoms with Gasteiger partial charge in [0.05, 0.1) is 25.1 Å². The van der Waals surface area contributed by atoms with Gasteiger partial charge in [-0.3, -0.25) is 0 Å². The van der Waals surface area contributed by atoms with Crippen molar-refractivity contribution in [2.75, 3.05) is 20.3 Å². The van der Waals surface area contributed by atoms with Crippen molar-refractivity contribution in [3.63, 3.8) is 0 Å². The number of epoxide rings is 1. The summed E-state index contributed by atoms with van der Waals surface area (Å²) < 4.78 is 13.9. The third-order valence-corrected chi connectivity index (χ3v) is 11.2. The molecule has 0 bridgehead atoms. The fourth-order valence-corrected chi connectivity index (χ4v) is 9.55. The van der Waals surface area contributed by atoms with E-state index in [1.54, 1.807) is 7.11 Å². The molecular weight excluding hydrogens is 388 g/mol. The molecule has 0 amide bonds. The maximum atomic E-state index is 11.1. The van der Waals surface area contributed by atoms with E-state index >= 15 is 0 Å². The van der Waals surface area contributed by atoms with Crippen LogP contribution in [0.15, 0.2) is 18.7 Å². The van der Waals surface area contributed by atoms with Gasteiger partial charge in [-0.05, 0) is 92.3 Å². The van der Waals surface area contributed by atoms with Crippen LogP contribution in [-0.2, 0) is 15.2 Å². The first-order valence-electron chi connectivity index (χ1n) is 12.7.